The van der Waals surface area contributed by atoms with E-state index in [0.717, 1.165) is 30.3 Å². The van der Waals surface area contributed by atoms with Gasteiger partial charge in [0.05, 0.1) is 17.6 Å². The van der Waals surface area contributed by atoms with Gasteiger partial charge in [0.2, 0.25) is 0 Å². The Balaban J connectivity index is 1.58. The van der Waals surface area contributed by atoms with Crippen molar-refractivity contribution in [2.75, 3.05) is 0 Å². The predicted octanol–water partition coefficient (Wildman–Crippen LogP) is 3.68. The molecular weight excluding hydrogens is 321 g/mol. The Morgan fingerprint density at radius 2 is 1.92 bits per heavy atom. The number of carbonyl (C=O) groups is 1. The summed E-state index contributed by atoms with van der Waals surface area (Å²) in [6, 6.07) is 5.65. The number of esters is 1. The van der Waals surface area contributed by atoms with E-state index >= 15 is 0 Å². The summed E-state index contributed by atoms with van der Waals surface area (Å²) < 4.78 is 19.0. The first-order chi connectivity index (χ1) is 12.1. The fraction of sp³-hybridized carbons (Fsp3) is 0.368. The summed E-state index contributed by atoms with van der Waals surface area (Å²) in [5, 5.41) is 8.74. The molecule has 25 heavy (non-hydrogen) atoms. The smallest absolute Gasteiger partial charge is 0.314 e. The monoisotopic (exact) mass is 339 g/mol. The number of hydrogen-bond acceptors (Lipinski definition) is 5. The van der Waals surface area contributed by atoms with Crippen LogP contribution in [0.15, 0.2) is 30.6 Å². The minimum atomic E-state index is -0.700. The van der Waals surface area contributed by atoms with Gasteiger partial charge in [-0.05, 0) is 56.4 Å². The number of ether oxygens (including phenoxy) is 1. The van der Waals surface area contributed by atoms with Crippen molar-refractivity contribution in [1.82, 2.24) is 9.97 Å². The molecule has 0 N–H and O–H groups in total. The third-order valence-electron chi connectivity index (χ3n) is 4.50. The van der Waals surface area contributed by atoms with Crippen molar-refractivity contribution in [2.24, 2.45) is 5.92 Å². The molecule has 1 aliphatic carbocycles. The summed E-state index contributed by atoms with van der Waals surface area (Å²) in [5.41, 5.74) is 1.21. The van der Waals surface area contributed by atoms with Gasteiger partial charge < -0.3 is 4.74 Å². The maximum atomic E-state index is 13.8. The largest absolute Gasteiger partial charge is 0.423 e. The highest BCUT2D eigenvalue weighted by molar-refractivity contribution is 5.75. The number of aromatic nitrogens is 2. The zero-order chi connectivity index (χ0) is 17.8. The van der Waals surface area contributed by atoms with Crippen molar-refractivity contribution in [1.29, 1.82) is 5.26 Å². The molecule has 1 aliphatic rings. The number of carbonyl (C=O) groups excluding carboxylic acids is 1. The fourth-order valence-electron chi connectivity index (χ4n) is 3.05. The van der Waals surface area contributed by atoms with Crippen LogP contribution in [0.5, 0.6) is 5.75 Å². The summed E-state index contributed by atoms with van der Waals surface area (Å²) in [4.78, 5) is 21.0. The van der Waals surface area contributed by atoms with E-state index in [9.17, 15) is 9.18 Å². The first-order valence-corrected chi connectivity index (χ1v) is 8.26. The van der Waals surface area contributed by atoms with Gasteiger partial charge in [0.15, 0.2) is 11.6 Å². The molecule has 0 amide bonds. The van der Waals surface area contributed by atoms with Gasteiger partial charge in [0.25, 0.3) is 0 Å². The molecule has 0 bridgehead atoms. The van der Waals surface area contributed by atoms with Gasteiger partial charge in [-0.15, -0.1) is 0 Å². The zero-order valence-electron chi connectivity index (χ0n) is 13.9. The molecule has 0 saturated heterocycles. The lowest BCUT2D eigenvalue weighted by atomic mass is 9.81. The van der Waals surface area contributed by atoms with Crippen LogP contribution in [0, 0.1) is 30.0 Å². The Morgan fingerprint density at radius 3 is 2.52 bits per heavy atom. The Morgan fingerprint density at radius 1 is 1.24 bits per heavy atom. The van der Waals surface area contributed by atoms with E-state index in [1.165, 1.54) is 12.1 Å². The number of benzene rings is 1. The first-order valence-electron chi connectivity index (χ1n) is 8.26. The Hall–Kier alpha value is -2.81. The SMILES string of the molecule is Cc1cnc(C2CCC(C(=O)Oc3ccc(C#N)cc3F)CC2)nc1. The molecule has 1 aromatic heterocycles. The number of rotatable bonds is 3. The molecular formula is C19H18FN3O2. The van der Waals surface area contributed by atoms with Crippen LogP contribution in [0.3, 0.4) is 0 Å². The number of hydrogen-bond donors (Lipinski definition) is 0. The maximum absolute atomic E-state index is 13.8. The van der Waals surface area contributed by atoms with Crippen LogP contribution in [0.2, 0.25) is 0 Å². The lowest BCUT2D eigenvalue weighted by Gasteiger charge is -2.26. The zero-order valence-corrected chi connectivity index (χ0v) is 13.9. The molecule has 3 rings (SSSR count). The highest BCUT2D eigenvalue weighted by atomic mass is 19.1. The minimum Gasteiger partial charge on any atom is -0.423 e. The second-order valence-corrected chi connectivity index (χ2v) is 6.35. The average Bonchev–Trinajstić information content (AvgIpc) is 2.64. The van der Waals surface area contributed by atoms with Gasteiger partial charge in [0, 0.05) is 18.3 Å². The van der Waals surface area contributed by atoms with Gasteiger partial charge in [-0.3, -0.25) is 4.79 Å². The van der Waals surface area contributed by atoms with E-state index in [-0.39, 0.29) is 23.1 Å². The van der Waals surface area contributed by atoms with Crippen molar-refractivity contribution in [3.63, 3.8) is 0 Å². The van der Waals surface area contributed by atoms with Crippen LogP contribution < -0.4 is 4.74 Å². The number of nitrogens with zero attached hydrogens (tertiary/aromatic N) is 3. The molecule has 1 aromatic carbocycles. The van der Waals surface area contributed by atoms with Crippen molar-refractivity contribution >= 4 is 5.97 Å². The second kappa shape index (κ2) is 7.39. The molecule has 128 valence electrons. The third-order valence-corrected chi connectivity index (χ3v) is 4.50. The fourth-order valence-corrected chi connectivity index (χ4v) is 3.05. The summed E-state index contributed by atoms with van der Waals surface area (Å²) >= 11 is 0. The molecule has 1 fully saturated rings. The Bertz CT molecular complexity index is 806. The second-order valence-electron chi connectivity index (χ2n) is 6.35. The van der Waals surface area contributed by atoms with Crippen LogP contribution in [-0.4, -0.2) is 15.9 Å². The molecule has 0 unspecified atom stereocenters. The van der Waals surface area contributed by atoms with E-state index in [1.807, 2.05) is 13.0 Å². The van der Waals surface area contributed by atoms with E-state index < -0.39 is 11.8 Å². The molecule has 0 aliphatic heterocycles. The van der Waals surface area contributed by atoms with Crippen molar-refractivity contribution in [3.8, 4) is 11.8 Å². The van der Waals surface area contributed by atoms with Crippen molar-refractivity contribution < 1.29 is 13.9 Å². The molecule has 6 heteroatoms. The van der Waals surface area contributed by atoms with Crippen LogP contribution in [-0.2, 0) is 4.79 Å². The molecule has 0 spiro atoms. The normalized spacial score (nSPS) is 19.9. The van der Waals surface area contributed by atoms with Crippen LogP contribution in [0.25, 0.3) is 0 Å². The van der Waals surface area contributed by atoms with Crippen molar-refractivity contribution in [2.45, 2.75) is 38.5 Å². The van der Waals surface area contributed by atoms with E-state index in [1.54, 1.807) is 12.4 Å². The van der Waals surface area contributed by atoms with Crippen molar-refractivity contribution in [3.05, 3.63) is 53.4 Å². The van der Waals surface area contributed by atoms with Gasteiger partial charge in [0.1, 0.15) is 5.82 Å². The molecule has 5 nitrogen and oxygen atoms in total. The predicted molar refractivity (Wildman–Crippen MR) is 88.2 cm³/mol. The molecule has 0 radical (unpaired) electrons. The number of aryl methyl sites for hydroxylation is 1. The average molecular weight is 339 g/mol. The lowest BCUT2D eigenvalue weighted by molar-refractivity contribution is -0.140. The van der Waals surface area contributed by atoms with Gasteiger partial charge in [-0.25, -0.2) is 14.4 Å². The highest BCUT2D eigenvalue weighted by Crippen LogP contribution is 2.35. The Labute approximate surface area is 145 Å². The van der Waals surface area contributed by atoms with E-state index in [0.29, 0.717) is 12.8 Å². The topological polar surface area (TPSA) is 75.9 Å². The summed E-state index contributed by atoms with van der Waals surface area (Å²) in [6.45, 7) is 1.94. The van der Waals surface area contributed by atoms with Gasteiger partial charge in [-0.2, -0.15) is 5.26 Å². The van der Waals surface area contributed by atoms with E-state index in [2.05, 4.69) is 9.97 Å². The van der Waals surface area contributed by atoms with Crippen LogP contribution in [0.1, 0.15) is 48.6 Å². The molecule has 2 aromatic rings. The summed E-state index contributed by atoms with van der Waals surface area (Å²) in [6.07, 6.45) is 6.54. The lowest BCUT2D eigenvalue weighted by Crippen LogP contribution is -2.26. The third kappa shape index (κ3) is 4.00. The minimum absolute atomic E-state index is 0.131. The van der Waals surface area contributed by atoms with Crippen LogP contribution >= 0.6 is 0 Å². The summed E-state index contributed by atoms with van der Waals surface area (Å²) in [7, 11) is 0. The van der Waals surface area contributed by atoms with Gasteiger partial charge >= 0.3 is 5.97 Å². The quantitative estimate of drug-likeness (QED) is 0.630. The maximum Gasteiger partial charge on any atom is 0.314 e. The van der Waals surface area contributed by atoms with E-state index in [4.69, 9.17) is 10.00 Å². The number of halogens is 1. The highest BCUT2D eigenvalue weighted by Gasteiger charge is 2.30. The van der Waals surface area contributed by atoms with Crippen LogP contribution in [0.4, 0.5) is 4.39 Å². The first kappa shape index (κ1) is 17.0. The molecule has 1 heterocycles. The molecule has 0 atom stereocenters. The Kier molecular flexibility index (Phi) is 5.03. The summed E-state index contributed by atoms with van der Waals surface area (Å²) in [5.74, 6) is -0.447. The van der Waals surface area contributed by atoms with Gasteiger partial charge in [-0.1, -0.05) is 0 Å². The molecule has 1 saturated carbocycles. The standard InChI is InChI=1S/C19H18FN3O2/c1-12-10-22-18(23-11-12)14-3-5-15(6-4-14)19(24)25-17-7-2-13(9-21)8-16(17)20/h2,7-8,10-11,14-15H,3-6H2,1H3. The number of nitriles is 1.